The number of nitrogens with two attached hydrogens (primary N) is 1. The first kappa shape index (κ1) is 12.0. The van der Waals surface area contributed by atoms with Gasteiger partial charge in [0, 0.05) is 0 Å². The Kier molecular flexibility index (Phi) is 3.69. The fraction of sp³-hybridized carbons (Fsp3) is 0.417. The van der Waals surface area contributed by atoms with Gasteiger partial charge in [-0.2, -0.15) is 0 Å². The minimum absolute atomic E-state index is 0.222. The van der Waals surface area contributed by atoms with Crippen molar-refractivity contribution in [2.45, 2.75) is 33.8 Å². The highest BCUT2D eigenvalue weighted by atomic mass is 32.1. The quantitative estimate of drug-likeness (QED) is 0.800. The van der Waals surface area contributed by atoms with Crippen LogP contribution in [-0.2, 0) is 0 Å². The maximum absolute atomic E-state index is 5.73. The molecular weight excluding hydrogens is 206 g/mol. The Morgan fingerprint density at radius 2 is 1.73 bits per heavy atom. The lowest BCUT2D eigenvalue weighted by atomic mass is 10.1. The maximum atomic E-state index is 5.73. The fourth-order valence-electron chi connectivity index (χ4n) is 1.59. The Hall–Kier alpha value is -1.09. The van der Waals surface area contributed by atoms with Crippen LogP contribution in [0.5, 0.6) is 5.75 Å². The molecule has 2 N–H and O–H groups in total. The highest BCUT2D eigenvalue weighted by molar-refractivity contribution is 7.80. The van der Waals surface area contributed by atoms with E-state index < -0.39 is 0 Å². The molecule has 3 heteroatoms. The van der Waals surface area contributed by atoms with E-state index in [0.717, 1.165) is 16.9 Å². The Morgan fingerprint density at radius 1 is 1.27 bits per heavy atom. The van der Waals surface area contributed by atoms with Gasteiger partial charge in [-0.05, 0) is 38.8 Å². The fourth-order valence-corrected chi connectivity index (χ4v) is 1.64. The molecule has 82 valence electrons. The van der Waals surface area contributed by atoms with Crippen molar-refractivity contribution in [3.05, 3.63) is 28.8 Å². The summed E-state index contributed by atoms with van der Waals surface area (Å²) in [6, 6.07) is 4.18. The minimum Gasteiger partial charge on any atom is -0.483 e. The maximum Gasteiger partial charge on any atom is 0.145 e. The average Bonchev–Trinajstić information content (AvgIpc) is 2.10. The molecule has 1 aromatic carbocycles. The highest BCUT2D eigenvalue weighted by Gasteiger charge is 2.11. The van der Waals surface area contributed by atoms with Crippen LogP contribution in [0.4, 0.5) is 0 Å². The van der Waals surface area contributed by atoms with Gasteiger partial charge in [0.05, 0.1) is 0 Å². The van der Waals surface area contributed by atoms with E-state index in [1.165, 1.54) is 5.56 Å². The first-order valence-corrected chi connectivity index (χ1v) is 5.36. The number of hydrogen-bond donors (Lipinski definition) is 1. The zero-order chi connectivity index (χ0) is 11.6. The molecule has 15 heavy (non-hydrogen) atoms. The molecule has 0 radical (unpaired) electrons. The van der Waals surface area contributed by atoms with Crippen molar-refractivity contribution in [2.75, 3.05) is 0 Å². The van der Waals surface area contributed by atoms with Gasteiger partial charge in [0.1, 0.15) is 16.8 Å². The third-order valence-electron chi connectivity index (χ3n) is 2.30. The van der Waals surface area contributed by atoms with Crippen LogP contribution in [0.15, 0.2) is 12.1 Å². The number of thiocarbonyl (C=S) groups is 1. The molecule has 2 nitrogen and oxygen atoms in total. The molecule has 0 amide bonds. The molecule has 1 aromatic rings. The van der Waals surface area contributed by atoms with E-state index in [0.29, 0.717) is 4.99 Å². The average molecular weight is 223 g/mol. The largest absolute Gasteiger partial charge is 0.483 e. The van der Waals surface area contributed by atoms with Crippen LogP contribution in [0.25, 0.3) is 0 Å². The third kappa shape index (κ3) is 2.93. The summed E-state index contributed by atoms with van der Waals surface area (Å²) in [5, 5.41) is 0. The summed E-state index contributed by atoms with van der Waals surface area (Å²) >= 11 is 4.88. The van der Waals surface area contributed by atoms with Crippen molar-refractivity contribution in [2.24, 2.45) is 5.73 Å². The first-order valence-electron chi connectivity index (χ1n) is 4.95. The van der Waals surface area contributed by atoms with Crippen molar-refractivity contribution in [1.29, 1.82) is 0 Å². The van der Waals surface area contributed by atoms with Crippen LogP contribution >= 0.6 is 12.2 Å². The van der Waals surface area contributed by atoms with E-state index in [2.05, 4.69) is 19.1 Å². The molecule has 0 aliphatic heterocycles. The Balaban J connectivity index is 3.00. The van der Waals surface area contributed by atoms with Crippen LogP contribution in [-0.4, -0.2) is 11.1 Å². The van der Waals surface area contributed by atoms with Gasteiger partial charge in [-0.15, -0.1) is 0 Å². The van der Waals surface area contributed by atoms with Crippen LogP contribution in [0, 0.1) is 20.8 Å². The zero-order valence-electron chi connectivity index (χ0n) is 9.63. The SMILES string of the molecule is Cc1cc(C)c(OC(C)C(N)=S)c(C)c1. The van der Waals surface area contributed by atoms with Crippen LogP contribution in [0.2, 0.25) is 0 Å². The lowest BCUT2D eigenvalue weighted by molar-refractivity contribution is 0.284. The molecular formula is C12H17NOS. The monoisotopic (exact) mass is 223 g/mol. The highest BCUT2D eigenvalue weighted by Crippen LogP contribution is 2.25. The molecule has 0 aliphatic rings. The molecule has 0 aromatic heterocycles. The van der Waals surface area contributed by atoms with Gasteiger partial charge >= 0.3 is 0 Å². The molecule has 0 aliphatic carbocycles. The summed E-state index contributed by atoms with van der Waals surface area (Å²) in [6.07, 6.45) is -0.222. The summed E-state index contributed by atoms with van der Waals surface area (Å²) in [6.45, 7) is 7.99. The molecule has 1 unspecified atom stereocenters. The van der Waals surface area contributed by atoms with E-state index in [1.807, 2.05) is 20.8 Å². The summed E-state index contributed by atoms with van der Waals surface area (Å²) < 4.78 is 5.73. The third-order valence-corrected chi connectivity index (χ3v) is 2.63. The predicted molar refractivity (Wildman–Crippen MR) is 67.5 cm³/mol. The summed E-state index contributed by atoms with van der Waals surface area (Å²) in [4.78, 5) is 0.384. The Morgan fingerprint density at radius 3 is 2.13 bits per heavy atom. The van der Waals surface area contributed by atoms with E-state index in [9.17, 15) is 0 Å². The first-order chi connectivity index (χ1) is 6.91. The topological polar surface area (TPSA) is 35.2 Å². The summed E-state index contributed by atoms with van der Waals surface area (Å²) in [5.41, 5.74) is 9.00. The molecule has 0 heterocycles. The van der Waals surface area contributed by atoms with Gasteiger partial charge in [-0.1, -0.05) is 29.9 Å². The van der Waals surface area contributed by atoms with Crippen molar-refractivity contribution in [3.63, 3.8) is 0 Å². The second-order valence-electron chi connectivity index (χ2n) is 3.89. The van der Waals surface area contributed by atoms with E-state index in [-0.39, 0.29) is 6.10 Å². The molecule has 0 saturated carbocycles. The second-order valence-corrected chi connectivity index (χ2v) is 4.36. The molecule has 1 rings (SSSR count). The molecule has 0 fully saturated rings. The van der Waals surface area contributed by atoms with Crippen LogP contribution < -0.4 is 10.5 Å². The lowest BCUT2D eigenvalue weighted by Gasteiger charge is -2.17. The van der Waals surface area contributed by atoms with Crippen LogP contribution in [0.1, 0.15) is 23.6 Å². The second kappa shape index (κ2) is 4.62. The Labute approximate surface area is 96.4 Å². The van der Waals surface area contributed by atoms with Gasteiger partial charge < -0.3 is 10.5 Å². The number of aryl methyl sites for hydroxylation is 3. The van der Waals surface area contributed by atoms with Gasteiger partial charge in [0.2, 0.25) is 0 Å². The normalized spacial score (nSPS) is 12.3. The van der Waals surface area contributed by atoms with Crippen LogP contribution in [0.3, 0.4) is 0 Å². The zero-order valence-corrected chi connectivity index (χ0v) is 10.4. The minimum atomic E-state index is -0.222. The molecule has 0 spiro atoms. The number of rotatable bonds is 3. The van der Waals surface area contributed by atoms with Gasteiger partial charge in [0.25, 0.3) is 0 Å². The van der Waals surface area contributed by atoms with E-state index in [1.54, 1.807) is 0 Å². The summed E-state index contributed by atoms with van der Waals surface area (Å²) in [5.74, 6) is 0.890. The van der Waals surface area contributed by atoms with Crippen molar-refractivity contribution in [3.8, 4) is 5.75 Å². The van der Waals surface area contributed by atoms with Crippen molar-refractivity contribution >= 4 is 17.2 Å². The predicted octanol–water partition coefficient (Wildman–Crippen LogP) is 2.67. The molecule has 1 atom stereocenters. The standard InChI is InChI=1S/C12H17NOS/c1-7-5-8(2)11(9(3)6-7)14-10(4)12(13)15/h5-6,10H,1-4H3,(H2,13,15). The van der Waals surface area contributed by atoms with E-state index in [4.69, 9.17) is 22.7 Å². The smallest absolute Gasteiger partial charge is 0.145 e. The lowest BCUT2D eigenvalue weighted by Crippen LogP contribution is -2.29. The van der Waals surface area contributed by atoms with Gasteiger partial charge in [-0.25, -0.2) is 0 Å². The molecule has 0 bridgehead atoms. The number of hydrogen-bond acceptors (Lipinski definition) is 2. The molecule has 0 saturated heterocycles. The van der Waals surface area contributed by atoms with Crippen molar-refractivity contribution in [1.82, 2.24) is 0 Å². The summed E-state index contributed by atoms with van der Waals surface area (Å²) in [7, 11) is 0. The van der Waals surface area contributed by atoms with E-state index >= 15 is 0 Å². The van der Waals surface area contributed by atoms with Gasteiger partial charge in [-0.3, -0.25) is 0 Å². The van der Waals surface area contributed by atoms with Crippen molar-refractivity contribution < 1.29 is 4.74 Å². The Bertz CT molecular complexity index is 364. The number of ether oxygens (including phenoxy) is 1. The van der Waals surface area contributed by atoms with Gasteiger partial charge in [0.15, 0.2) is 0 Å². The number of benzene rings is 1.